The molecule has 2 bridgehead atoms. The Morgan fingerprint density at radius 2 is 1.78 bits per heavy atom. The van der Waals surface area contributed by atoms with Crippen molar-refractivity contribution in [2.24, 2.45) is 23.2 Å². The summed E-state index contributed by atoms with van der Waals surface area (Å²) < 4.78 is 24.0. The maximum Gasteiger partial charge on any atom is 0.344 e. The number of ether oxygens (including phenoxy) is 4. The first kappa shape index (κ1) is 40.5. The minimum absolute atomic E-state index is 0.127. The van der Waals surface area contributed by atoms with Crippen molar-refractivity contribution in [1.29, 1.82) is 5.26 Å². The van der Waals surface area contributed by atoms with Crippen LogP contribution in [0.4, 0.5) is 5.69 Å². The summed E-state index contributed by atoms with van der Waals surface area (Å²) in [5.41, 5.74) is -0.838. The number of nitrogens with one attached hydrogen (secondary N) is 1. The average Bonchev–Trinajstić information content (AvgIpc) is 3.92. The van der Waals surface area contributed by atoms with Gasteiger partial charge in [0, 0.05) is 90.9 Å². The molecule has 1 unspecified atom stereocenters. The largest absolute Gasteiger partial charge is 0.496 e. The average molecular weight is 820 g/mol. The molecule has 318 valence electrons. The van der Waals surface area contributed by atoms with Gasteiger partial charge >= 0.3 is 17.9 Å². The van der Waals surface area contributed by atoms with Gasteiger partial charge in [0.05, 0.1) is 39.4 Å². The Labute approximate surface area is 351 Å². The number of methoxy groups -OCH3 is 3. The Hall–Kier alpha value is -4.90. The molecule has 9 rings (SSSR count). The normalized spacial score (nSPS) is 36.4. The van der Waals surface area contributed by atoms with Gasteiger partial charge in [0.2, 0.25) is 5.60 Å². The highest BCUT2D eigenvalue weighted by Gasteiger charge is 2.80. The number of hydrogen-bond acceptors (Lipinski definition) is 12. The number of H-pyrrole nitrogens is 1. The van der Waals surface area contributed by atoms with E-state index in [2.05, 4.69) is 46.0 Å². The van der Waals surface area contributed by atoms with E-state index in [9.17, 15) is 20.0 Å². The van der Waals surface area contributed by atoms with E-state index in [1.54, 1.807) is 7.11 Å². The zero-order chi connectivity index (χ0) is 42.5. The Morgan fingerprint density at radius 3 is 2.47 bits per heavy atom. The van der Waals surface area contributed by atoms with Gasteiger partial charge in [0.15, 0.2) is 6.10 Å². The van der Waals surface area contributed by atoms with E-state index in [4.69, 9.17) is 18.9 Å². The molecule has 1 aliphatic carbocycles. The number of nitriles is 1. The van der Waals surface area contributed by atoms with Crippen LogP contribution in [-0.4, -0.2) is 123 Å². The standard InChI is InChI=1S/C47H57N5O8/c1-8-28-25-51-19-15-31-30-13-10-11-14-35(30)49-38(31)46(42(54)58-6,23-29(26-51)32(28)24-48)34-21-33-36(22-37(34)57-5)50(4)40-45(33)17-20-52-18-12-16-44(9-2,39(45)52)41(60-27(3)53)47(40,56)43(55)59-7/h10-14,16,21-22,28-29,32,39-41,49,56H,8-9,15,17-20,23,25-26H2,1-7H3/t28-,29+,32+,39-,40+,41+,44+,45+,46-,47-/m0/s1. The van der Waals surface area contributed by atoms with Gasteiger partial charge < -0.3 is 38.8 Å². The molecular formula is C47H57N5O8. The van der Waals surface area contributed by atoms with Crippen LogP contribution >= 0.6 is 0 Å². The lowest BCUT2D eigenvalue weighted by Crippen LogP contribution is -2.81. The molecule has 1 saturated carbocycles. The lowest BCUT2D eigenvalue weighted by molar-refractivity contribution is -0.228. The summed E-state index contributed by atoms with van der Waals surface area (Å²) in [6.45, 7) is 9.00. The van der Waals surface area contributed by atoms with Crippen LogP contribution in [0.25, 0.3) is 10.9 Å². The zero-order valence-electron chi connectivity index (χ0n) is 35.7. The summed E-state index contributed by atoms with van der Waals surface area (Å²) in [6, 6.07) is 13.6. The topological polar surface area (TPSA) is 158 Å². The number of aliphatic hydroxyl groups is 1. The molecule has 2 aromatic carbocycles. The SMILES string of the molecule is CC[C@H]1CN2CCc3c([nH]c4ccccc34)[C@@](C(=O)OC)(c3cc4c(cc3OC)N(C)[C@H]3[C@@](O)(C(=O)OC)[C@H](OC(C)=O)[C@]5(CC)C=CCN6CC[C@]43[C@@H]65)C[C@H](C2)[C@@H]1C#N. The molecule has 5 aliphatic heterocycles. The minimum Gasteiger partial charge on any atom is -0.496 e. The van der Waals surface area contributed by atoms with Crippen LogP contribution in [0.3, 0.4) is 0 Å². The third-order valence-corrected chi connectivity index (χ3v) is 15.9. The molecule has 6 aliphatic rings. The summed E-state index contributed by atoms with van der Waals surface area (Å²) in [4.78, 5) is 53.4. The molecule has 1 aromatic heterocycles. The quantitative estimate of drug-likeness (QED) is 0.194. The number of likely N-dealkylation sites (N-methyl/N-ethyl adjacent to an activating group) is 1. The predicted octanol–water partition coefficient (Wildman–Crippen LogP) is 4.63. The van der Waals surface area contributed by atoms with Crippen molar-refractivity contribution in [2.75, 3.05) is 66.0 Å². The zero-order valence-corrected chi connectivity index (χ0v) is 35.7. The Kier molecular flexibility index (Phi) is 9.69. The summed E-state index contributed by atoms with van der Waals surface area (Å²) in [5.74, 6) is -1.88. The predicted molar refractivity (Wildman–Crippen MR) is 223 cm³/mol. The van der Waals surface area contributed by atoms with Crippen molar-refractivity contribution in [3.63, 3.8) is 0 Å². The third-order valence-electron chi connectivity index (χ3n) is 15.9. The van der Waals surface area contributed by atoms with Crippen molar-refractivity contribution < 1.29 is 38.4 Å². The molecular weight excluding hydrogens is 763 g/mol. The first-order valence-corrected chi connectivity index (χ1v) is 21.5. The second-order valence-electron chi connectivity index (χ2n) is 18.2. The first-order valence-electron chi connectivity index (χ1n) is 21.5. The van der Waals surface area contributed by atoms with Gasteiger partial charge in [0.25, 0.3) is 0 Å². The highest BCUT2D eigenvalue weighted by molar-refractivity contribution is 5.95. The molecule has 60 heavy (non-hydrogen) atoms. The minimum atomic E-state index is -2.31. The molecule has 13 heteroatoms. The number of esters is 3. The number of carbonyl (C=O) groups excluding carboxylic acids is 3. The number of nitrogens with zero attached hydrogens (tertiary/aromatic N) is 4. The van der Waals surface area contributed by atoms with E-state index in [0.29, 0.717) is 50.2 Å². The third kappa shape index (κ3) is 5.10. The number of piperidine rings is 1. The summed E-state index contributed by atoms with van der Waals surface area (Å²) >= 11 is 0. The van der Waals surface area contributed by atoms with Gasteiger partial charge in [-0.3, -0.25) is 14.5 Å². The Morgan fingerprint density at radius 1 is 1.02 bits per heavy atom. The van der Waals surface area contributed by atoms with Crippen LogP contribution < -0.4 is 9.64 Å². The van der Waals surface area contributed by atoms with E-state index in [1.807, 2.05) is 49.2 Å². The van der Waals surface area contributed by atoms with Gasteiger partial charge in [-0.1, -0.05) is 50.6 Å². The van der Waals surface area contributed by atoms with Crippen LogP contribution in [0, 0.1) is 34.5 Å². The molecule has 1 spiro atoms. The summed E-state index contributed by atoms with van der Waals surface area (Å²) in [5, 5.41) is 25.2. The summed E-state index contributed by atoms with van der Waals surface area (Å²) in [7, 11) is 6.14. The number of anilines is 1. The number of aromatic nitrogens is 1. The maximum atomic E-state index is 15.4. The molecule has 2 saturated heterocycles. The molecule has 11 atom stereocenters. The Bertz CT molecular complexity index is 2340. The Balaban J connectivity index is 1.37. The van der Waals surface area contributed by atoms with Crippen LogP contribution in [-0.2, 0) is 45.8 Å². The van der Waals surface area contributed by atoms with Crippen molar-refractivity contribution in [1.82, 2.24) is 14.8 Å². The van der Waals surface area contributed by atoms with Crippen LogP contribution in [0.1, 0.15) is 68.8 Å². The van der Waals surface area contributed by atoms with Crippen LogP contribution in [0.2, 0.25) is 0 Å². The maximum absolute atomic E-state index is 15.4. The fourth-order valence-electron chi connectivity index (χ4n) is 13.7. The van der Waals surface area contributed by atoms with Crippen molar-refractivity contribution in [2.45, 2.75) is 87.5 Å². The smallest absolute Gasteiger partial charge is 0.344 e. The number of carbonyl (C=O) groups is 3. The lowest BCUT2D eigenvalue weighted by Gasteiger charge is -2.63. The monoisotopic (exact) mass is 819 g/mol. The summed E-state index contributed by atoms with van der Waals surface area (Å²) in [6.07, 6.45) is 5.64. The number of para-hydroxylation sites is 1. The molecule has 3 aromatic rings. The van der Waals surface area contributed by atoms with Gasteiger partial charge in [-0.25, -0.2) is 4.79 Å². The van der Waals surface area contributed by atoms with E-state index in [0.717, 1.165) is 52.9 Å². The van der Waals surface area contributed by atoms with Gasteiger partial charge in [-0.15, -0.1) is 0 Å². The van der Waals surface area contributed by atoms with E-state index < -0.39 is 51.9 Å². The number of hydrogen-bond donors (Lipinski definition) is 2. The van der Waals surface area contributed by atoms with Crippen molar-refractivity contribution in [3.8, 4) is 11.8 Å². The van der Waals surface area contributed by atoms with Crippen LogP contribution in [0.15, 0.2) is 48.6 Å². The van der Waals surface area contributed by atoms with E-state index in [1.165, 1.54) is 21.1 Å². The molecule has 0 radical (unpaired) electrons. The molecule has 3 fully saturated rings. The van der Waals surface area contributed by atoms with E-state index in [-0.39, 0.29) is 30.2 Å². The molecule has 0 amide bonds. The highest BCUT2D eigenvalue weighted by Crippen LogP contribution is 2.68. The molecule has 2 N–H and O–H groups in total. The highest BCUT2D eigenvalue weighted by atomic mass is 16.6. The lowest BCUT2D eigenvalue weighted by atomic mass is 9.47. The van der Waals surface area contributed by atoms with Gasteiger partial charge in [0.1, 0.15) is 11.2 Å². The van der Waals surface area contributed by atoms with Crippen molar-refractivity contribution in [3.05, 3.63) is 70.9 Å². The number of rotatable bonds is 7. The molecule has 6 heterocycles. The second-order valence-corrected chi connectivity index (χ2v) is 18.2. The van der Waals surface area contributed by atoms with Gasteiger partial charge in [-0.2, -0.15) is 5.26 Å². The fraction of sp³-hybridized carbons (Fsp3) is 0.574. The number of fused-ring (bicyclic) bond motifs is 6. The van der Waals surface area contributed by atoms with Crippen molar-refractivity contribution >= 4 is 34.5 Å². The molecule has 13 nitrogen and oxygen atoms in total. The van der Waals surface area contributed by atoms with E-state index >= 15 is 4.79 Å². The first-order chi connectivity index (χ1) is 28.9. The fourth-order valence-corrected chi connectivity index (χ4v) is 13.7. The van der Waals surface area contributed by atoms with Gasteiger partial charge in [-0.05, 0) is 67.3 Å². The number of aromatic amines is 1. The number of benzene rings is 2. The van der Waals surface area contributed by atoms with Crippen LogP contribution in [0.5, 0.6) is 5.75 Å². The second kappa shape index (κ2) is 14.4.